The molecule has 98 valence electrons. The Balaban J connectivity index is 1.90. The molecule has 3 rings (SSSR count). The lowest BCUT2D eigenvalue weighted by molar-refractivity contribution is 0.865. The van der Waals surface area contributed by atoms with Crippen LogP contribution in [0, 0.1) is 6.92 Å². The molecular weight excluding hydrogens is 276 g/mol. The molecule has 1 atom stereocenters. The van der Waals surface area contributed by atoms with Crippen molar-refractivity contribution >= 4 is 44.3 Å². The van der Waals surface area contributed by atoms with Gasteiger partial charge in [-0.25, -0.2) is 9.97 Å². The molecule has 0 saturated carbocycles. The highest BCUT2D eigenvalue weighted by molar-refractivity contribution is 7.16. The predicted octanol–water partition coefficient (Wildman–Crippen LogP) is 3.82. The molecule has 0 aliphatic carbocycles. The van der Waals surface area contributed by atoms with Gasteiger partial charge in [-0.15, -0.1) is 22.7 Å². The fourth-order valence-corrected chi connectivity index (χ4v) is 3.44. The lowest BCUT2D eigenvalue weighted by Gasteiger charge is -2.14. The second-order valence-electron chi connectivity index (χ2n) is 4.42. The second-order valence-corrected chi connectivity index (χ2v) is 6.20. The molecule has 0 saturated heterocycles. The smallest absolute Gasteiger partial charge is 0.115 e. The summed E-state index contributed by atoms with van der Waals surface area (Å²) in [5, 5.41) is 6.53. The molecule has 0 fully saturated rings. The van der Waals surface area contributed by atoms with Crippen molar-refractivity contribution in [1.29, 1.82) is 0 Å². The molecular formula is C13H14N4S2. The van der Waals surface area contributed by atoms with Gasteiger partial charge in [0.2, 0.25) is 0 Å². The van der Waals surface area contributed by atoms with Gasteiger partial charge in [0, 0.05) is 11.1 Å². The number of thiazole rings is 2. The van der Waals surface area contributed by atoms with Crippen LogP contribution >= 0.6 is 22.7 Å². The number of hydrogen-bond donors (Lipinski definition) is 2. The first-order valence-electron chi connectivity index (χ1n) is 5.95. The van der Waals surface area contributed by atoms with E-state index in [1.165, 1.54) is 0 Å². The molecule has 3 N–H and O–H groups in total. The van der Waals surface area contributed by atoms with E-state index >= 15 is 0 Å². The number of anilines is 2. The number of aromatic nitrogens is 2. The quantitative estimate of drug-likeness (QED) is 0.720. The normalized spacial score (nSPS) is 12.7. The highest BCUT2D eigenvalue weighted by Crippen LogP contribution is 2.32. The molecule has 0 bridgehead atoms. The van der Waals surface area contributed by atoms with Crippen molar-refractivity contribution in [2.45, 2.75) is 19.9 Å². The minimum Gasteiger partial charge on any atom is -0.395 e. The molecule has 0 amide bonds. The number of nitrogens with one attached hydrogen (secondary N) is 1. The maximum absolute atomic E-state index is 6.16. The summed E-state index contributed by atoms with van der Waals surface area (Å²) in [5.41, 5.74) is 11.5. The summed E-state index contributed by atoms with van der Waals surface area (Å²) in [4.78, 5) is 8.79. The van der Waals surface area contributed by atoms with Crippen LogP contribution in [0.3, 0.4) is 0 Å². The van der Waals surface area contributed by atoms with Gasteiger partial charge in [0.25, 0.3) is 0 Å². The summed E-state index contributed by atoms with van der Waals surface area (Å²) in [6.45, 7) is 4.09. The van der Waals surface area contributed by atoms with Crippen molar-refractivity contribution in [3.05, 3.63) is 33.7 Å². The lowest BCUT2D eigenvalue weighted by atomic mass is 10.2. The first-order chi connectivity index (χ1) is 9.15. The summed E-state index contributed by atoms with van der Waals surface area (Å²) in [7, 11) is 0. The van der Waals surface area contributed by atoms with E-state index in [0.717, 1.165) is 26.6 Å². The van der Waals surface area contributed by atoms with Gasteiger partial charge in [-0.2, -0.15) is 0 Å². The number of nitrogens with two attached hydrogens (primary N) is 1. The van der Waals surface area contributed by atoms with E-state index < -0.39 is 0 Å². The minimum atomic E-state index is 0.136. The van der Waals surface area contributed by atoms with Gasteiger partial charge < -0.3 is 11.1 Å². The van der Waals surface area contributed by atoms with Crippen LogP contribution in [0.5, 0.6) is 0 Å². The molecule has 0 aliphatic heterocycles. The summed E-state index contributed by atoms with van der Waals surface area (Å²) >= 11 is 3.26. The number of nitrogens with zero attached hydrogens (tertiary/aromatic N) is 2. The van der Waals surface area contributed by atoms with Crippen LogP contribution in [-0.4, -0.2) is 9.97 Å². The molecule has 3 aromatic rings. The Kier molecular flexibility index (Phi) is 3.12. The van der Waals surface area contributed by atoms with Gasteiger partial charge in [-0.3, -0.25) is 0 Å². The molecule has 6 heteroatoms. The number of benzene rings is 1. The van der Waals surface area contributed by atoms with Crippen molar-refractivity contribution in [1.82, 2.24) is 9.97 Å². The summed E-state index contributed by atoms with van der Waals surface area (Å²) in [5.74, 6) is 0. The van der Waals surface area contributed by atoms with Crippen molar-refractivity contribution in [2.75, 3.05) is 11.1 Å². The predicted molar refractivity (Wildman–Crippen MR) is 82.9 cm³/mol. The monoisotopic (exact) mass is 290 g/mol. The molecule has 1 aromatic carbocycles. The molecule has 2 heterocycles. The average Bonchev–Trinajstić information content (AvgIpc) is 3.01. The Hall–Kier alpha value is -1.66. The first-order valence-corrected chi connectivity index (χ1v) is 7.71. The highest BCUT2D eigenvalue weighted by atomic mass is 32.1. The van der Waals surface area contributed by atoms with Crippen LogP contribution in [-0.2, 0) is 0 Å². The van der Waals surface area contributed by atoms with Gasteiger partial charge in [0.1, 0.15) is 10.5 Å². The van der Waals surface area contributed by atoms with E-state index in [9.17, 15) is 0 Å². The van der Waals surface area contributed by atoms with Gasteiger partial charge in [-0.05, 0) is 26.0 Å². The van der Waals surface area contributed by atoms with E-state index in [2.05, 4.69) is 27.6 Å². The molecule has 4 nitrogen and oxygen atoms in total. The zero-order chi connectivity index (χ0) is 13.4. The van der Waals surface area contributed by atoms with Crippen molar-refractivity contribution in [3.8, 4) is 0 Å². The summed E-state index contributed by atoms with van der Waals surface area (Å²) in [6, 6.07) is 4.19. The van der Waals surface area contributed by atoms with E-state index in [-0.39, 0.29) is 6.04 Å². The zero-order valence-corrected chi connectivity index (χ0v) is 12.3. The topological polar surface area (TPSA) is 63.8 Å². The molecule has 0 spiro atoms. The van der Waals surface area contributed by atoms with Crippen LogP contribution in [0.1, 0.15) is 23.7 Å². The SMILES string of the molecule is Cc1csc(C(C)Nc2ccc3scnc3c2N)n1. The molecule has 0 aliphatic rings. The first kappa shape index (κ1) is 12.4. The number of nitrogen functional groups attached to an aromatic ring is 1. The number of rotatable bonds is 3. The third kappa shape index (κ3) is 2.29. The van der Waals surface area contributed by atoms with Crippen LogP contribution in [0.2, 0.25) is 0 Å². The summed E-state index contributed by atoms with van der Waals surface area (Å²) < 4.78 is 1.11. The molecule has 2 aromatic heterocycles. The Morgan fingerprint density at radius 3 is 2.89 bits per heavy atom. The Morgan fingerprint density at radius 1 is 1.32 bits per heavy atom. The molecule has 1 unspecified atom stereocenters. The standard InChI is InChI=1S/C13H14N4S2/c1-7-5-18-13(16-7)8(2)17-9-3-4-10-12(11(9)14)15-6-19-10/h3-6,8,17H,14H2,1-2H3. The number of hydrogen-bond acceptors (Lipinski definition) is 6. The minimum absolute atomic E-state index is 0.136. The van der Waals surface area contributed by atoms with Gasteiger partial charge >= 0.3 is 0 Å². The average molecular weight is 290 g/mol. The van der Waals surface area contributed by atoms with Gasteiger partial charge in [-0.1, -0.05) is 0 Å². The van der Waals surface area contributed by atoms with E-state index in [1.54, 1.807) is 22.7 Å². The van der Waals surface area contributed by atoms with E-state index in [1.807, 2.05) is 24.6 Å². The number of fused-ring (bicyclic) bond motifs is 1. The van der Waals surface area contributed by atoms with E-state index in [0.29, 0.717) is 5.69 Å². The maximum Gasteiger partial charge on any atom is 0.115 e. The van der Waals surface area contributed by atoms with Crippen molar-refractivity contribution in [2.24, 2.45) is 0 Å². The fourth-order valence-electron chi connectivity index (χ4n) is 1.94. The summed E-state index contributed by atoms with van der Waals surface area (Å²) in [6.07, 6.45) is 0. The van der Waals surface area contributed by atoms with Crippen molar-refractivity contribution < 1.29 is 0 Å². The van der Waals surface area contributed by atoms with Gasteiger partial charge in [0.05, 0.1) is 27.6 Å². The Morgan fingerprint density at radius 2 is 2.16 bits per heavy atom. The van der Waals surface area contributed by atoms with Crippen LogP contribution in [0.15, 0.2) is 23.0 Å². The Labute approximate surface area is 119 Å². The highest BCUT2D eigenvalue weighted by Gasteiger charge is 2.12. The van der Waals surface area contributed by atoms with Crippen LogP contribution in [0.25, 0.3) is 10.2 Å². The number of aryl methyl sites for hydroxylation is 1. The second kappa shape index (κ2) is 4.79. The fraction of sp³-hybridized carbons (Fsp3) is 0.231. The third-order valence-electron chi connectivity index (χ3n) is 2.92. The van der Waals surface area contributed by atoms with E-state index in [4.69, 9.17) is 5.73 Å². The lowest BCUT2D eigenvalue weighted by Crippen LogP contribution is -2.08. The Bertz CT molecular complexity index is 716. The third-order valence-corrected chi connectivity index (χ3v) is 4.86. The van der Waals surface area contributed by atoms with Crippen LogP contribution in [0.4, 0.5) is 11.4 Å². The molecule has 0 radical (unpaired) electrons. The largest absolute Gasteiger partial charge is 0.395 e. The van der Waals surface area contributed by atoms with Crippen LogP contribution < -0.4 is 11.1 Å². The molecule has 19 heavy (non-hydrogen) atoms. The zero-order valence-electron chi connectivity index (χ0n) is 10.7. The maximum atomic E-state index is 6.16. The van der Waals surface area contributed by atoms with Crippen molar-refractivity contribution in [3.63, 3.8) is 0 Å². The van der Waals surface area contributed by atoms with Gasteiger partial charge in [0.15, 0.2) is 0 Å².